The number of alkyl halides is 1. The van der Waals surface area contributed by atoms with Gasteiger partial charge in [0.15, 0.2) is 5.58 Å². The van der Waals surface area contributed by atoms with Crippen LogP contribution in [0.1, 0.15) is 16.2 Å². The third-order valence-corrected chi connectivity index (χ3v) is 2.22. The first-order valence-corrected chi connectivity index (χ1v) is 4.77. The van der Waals surface area contributed by atoms with E-state index in [9.17, 15) is 4.79 Å². The van der Waals surface area contributed by atoms with Crippen LogP contribution in [0.2, 0.25) is 0 Å². The SMILES string of the molecule is O=C(Cl)c1ccc2oc(CCl)nc2c1. The van der Waals surface area contributed by atoms with Crippen molar-refractivity contribution >= 4 is 39.5 Å². The molecule has 14 heavy (non-hydrogen) atoms. The fraction of sp³-hybridized carbons (Fsp3) is 0.111. The quantitative estimate of drug-likeness (QED) is 0.588. The Kier molecular flexibility index (Phi) is 2.44. The van der Waals surface area contributed by atoms with Gasteiger partial charge in [-0.2, -0.15) is 0 Å². The molecular weight excluding hydrogens is 225 g/mol. The summed E-state index contributed by atoms with van der Waals surface area (Å²) in [5, 5.41) is -0.512. The lowest BCUT2D eigenvalue weighted by Crippen LogP contribution is -1.86. The third-order valence-electron chi connectivity index (χ3n) is 1.77. The summed E-state index contributed by atoms with van der Waals surface area (Å²) < 4.78 is 5.25. The van der Waals surface area contributed by atoms with Crippen molar-refractivity contribution < 1.29 is 9.21 Å². The van der Waals surface area contributed by atoms with E-state index in [1.54, 1.807) is 18.2 Å². The van der Waals surface area contributed by atoms with Gasteiger partial charge in [-0.1, -0.05) is 0 Å². The highest BCUT2D eigenvalue weighted by Gasteiger charge is 2.07. The van der Waals surface area contributed by atoms with E-state index in [0.29, 0.717) is 22.6 Å². The summed E-state index contributed by atoms with van der Waals surface area (Å²) in [6, 6.07) is 4.80. The zero-order valence-electron chi connectivity index (χ0n) is 6.96. The highest BCUT2D eigenvalue weighted by atomic mass is 35.5. The maximum absolute atomic E-state index is 10.8. The molecule has 0 radical (unpaired) electrons. The van der Waals surface area contributed by atoms with E-state index in [1.165, 1.54) is 0 Å². The number of nitrogens with zero attached hydrogens (tertiary/aromatic N) is 1. The Morgan fingerprint density at radius 3 is 2.93 bits per heavy atom. The van der Waals surface area contributed by atoms with E-state index in [2.05, 4.69) is 4.98 Å². The van der Waals surface area contributed by atoms with E-state index in [-0.39, 0.29) is 5.88 Å². The molecule has 72 valence electrons. The van der Waals surface area contributed by atoms with Crippen LogP contribution in [-0.2, 0) is 5.88 Å². The molecule has 0 amide bonds. The molecule has 1 aromatic carbocycles. The van der Waals surface area contributed by atoms with Crippen LogP contribution in [-0.4, -0.2) is 10.2 Å². The van der Waals surface area contributed by atoms with Gasteiger partial charge in [-0.05, 0) is 29.8 Å². The van der Waals surface area contributed by atoms with Gasteiger partial charge in [-0.15, -0.1) is 11.6 Å². The molecule has 0 saturated carbocycles. The van der Waals surface area contributed by atoms with Gasteiger partial charge < -0.3 is 4.42 Å². The van der Waals surface area contributed by atoms with E-state index < -0.39 is 5.24 Å². The minimum atomic E-state index is -0.512. The van der Waals surface area contributed by atoms with Crippen LogP contribution in [0, 0.1) is 0 Å². The largest absolute Gasteiger partial charge is 0.439 e. The van der Waals surface area contributed by atoms with Crippen LogP contribution in [0.5, 0.6) is 0 Å². The van der Waals surface area contributed by atoms with Crippen molar-refractivity contribution in [1.82, 2.24) is 4.98 Å². The molecule has 1 aromatic heterocycles. The molecule has 0 aliphatic rings. The highest BCUT2D eigenvalue weighted by Crippen LogP contribution is 2.18. The average Bonchev–Trinajstić information content (AvgIpc) is 2.58. The average molecular weight is 230 g/mol. The van der Waals surface area contributed by atoms with Gasteiger partial charge in [-0.25, -0.2) is 4.98 Å². The number of fused-ring (bicyclic) bond motifs is 1. The predicted octanol–water partition coefficient (Wildman–Crippen LogP) is 2.95. The van der Waals surface area contributed by atoms with E-state index in [4.69, 9.17) is 27.6 Å². The van der Waals surface area contributed by atoms with Crippen LogP contribution in [0.15, 0.2) is 22.6 Å². The number of carbonyl (C=O) groups excluding carboxylic acids is 1. The number of hydrogen-bond donors (Lipinski definition) is 0. The fourth-order valence-corrected chi connectivity index (χ4v) is 1.39. The van der Waals surface area contributed by atoms with E-state index >= 15 is 0 Å². The summed E-state index contributed by atoms with van der Waals surface area (Å²) in [6.07, 6.45) is 0. The second-order valence-corrected chi connectivity index (χ2v) is 3.31. The predicted molar refractivity (Wildman–Crippen MR) is 53.7 cm³/mol. The second-order valence-electron chi connectivity index (χ2n) is 2.70. The molecule has 0 aliphatic heterocycles. The summed E-state index contributed by atoms with van der Waals surface area (Å²) >= 11 is 10.9. The molecule has 0 fully saturated rings. The van der Waals surface area contributed by atoms with Crippen molar-refractivity contribution in [1.29, 1.82) is 0 Å². The first-order valence-electron chi connectivity index (χ1n) is 3.86. The van der Waals surface area contributed by atoms with Crippen LogP contribution in [0.3, 0.4) is 0 Å². The smallest absolute Gasteiger partial charge is 0.252 e. The number of hydrogen-bond acceptors (Lipinski definition) is 3. The Balaban J connectivity index is 2.59. The number of oxazole rings is 1. The molecule has 2 aromatic rings. The summed E-state index contributed by atoms with van der Waals surface area (Å²) in [6.45, 7) is 0. The van der Waals surface area contributed by atoms with Crippen molar-refractivity contribution in [3.63, 3.8) is 0 Å². The Hall–Kier alpha value is -1.06. The molecule has 2 rings (SSSR count). The molecule has 0 aliphatic carbocycles. The molecule has 5 heteroatoms. The zero-order chi connectivity index (χ0) is 10.1. The molecule has 0 unspecified atom stereocenters. The fourth-order valence-electron chi connectivity index (χ4n) is 1.15. The maximum Gasteiger partial charge on any atom is 0.252 e. The van der Waals surface area contributed by atoms with Gasteiger partial charge >= 0.3 is 0 Å². The first kappa shape index (κ1) is 9.49. The Morgan fingerprint density at radius 1 is 1.50 bits per heavy atom. The number of halogens is 2. The lowest BCUT2D eigenvalue weighted by Gasteiger charge is -1.90. The third kappa shape index (κ3) is 1.61. The lowest BCUT2D eigenvalue weighted by atomic mass is 10.2. The summed E-state index contributed by atoms with van der Waals surface area (Å²) in [4.78, 5) is 14.9. The van der Waals surface area contributed by atoms with E-state index in [1.807, 2.05) is 0 Å². The summed E-state index contributed by atoms with van der Waals surface area (Å²) in [5.41, 5.74) is 1.59. The summed E-state index contributed by atoms with van der Waals surface area (Å²) in [5.74, 6) is 0.639. The molecule has 0 atom stereocenters. The van der Waals surface area contributed by atoms with Crippen LogP contribution in [0.4, 0.5) is 0 Å². The van der Waals surface area contributed by atoms with Crippen molar-refractivity contribution in [2.75, 3.05) is 0 Å². The van der Waals surface area contributed by atoms with Gasteiger partial charge in [0.2, 0.25) is 5.89 Å². The lowest BCUT2D eigenvalue weighted by molar-refractivity contribution is 0.108. The van der Waals surface area contributed by atoms with Crippen LogP contribution >= 0.6 is 23.2 Å². The van der Waals surface area contributed by atoms with Gasteiger partial charge in [0.1, 0.15) is 5.52 Å². The molecule has 3 nitrogen and oxygen atoms in total. The van der Waals surface area contributed by atoms with Gasteiger partial charge in [0, 0.05) is 5.56 Å². The normalized spacial score (nSPS) is 10.7. The van der Waals surface area contributed by atoms with Gasteiger partial charge in [0.25, 0.3) is 5.24 Å². The van der Waals surface area contributed by atoms with Crippen LogP contribution < -0.4 is 0 Å². The number of aromatic nitrogens is 1. The zero-order valence-corrected chi connectivity index (χ0v) is 8.47. The van der Waals surface area contributed by atoms with Crippen molar-refractivity contribution in [3.05, 3.63) is 29.7 Å². The maximum atomic E-state index is 10.8. The number of benzene rings is 1. The van der Waals surface area contributed by atoms with Crippen molar-refractivity contribution in [2.45, 2.75) is 5.88 Å². The van der Waals surface area contributed by atoms with Gasteiger partial charge in [-0.3, -0.25) is 4.79 Å². The molecule has 0 saturated heterocycles. The monoisotopic (exact) mass is 229 g/mol. The van der Waals surface area contributed by atoms with Crippen molar-refractivity contribution in [2.24, 2.45) is 0 Å². The van der Waals surface area contributed by atoms with E-state index in [0.717, 1.165) is 0 Å². The Bertz CT molecular complexity index is 493. The first-order chi connectivity index (χ1) is 6.70. The number of rotatable bonds is 2. The Labute approximate surface area is 89.6 Å². The van der Waals surface area contributed by atoms with Crippen LogP contribution in [0.25, 0.3) is 11.1 Å². The molecule has 1 heterocycles. The minimum Gasteiger partial charge on any atom is -0.439 e. The molecular formula is C9H5Cl2NO2. The van der Waals surface area contributed by atoms with Gasteiger partial charge in [0.05, 0.1) is 5.88 Å². The standard InChI is InChI=1S/C9H5Cl2NO2/c10-4-8-12-6-3-5(9(11)13)1-2-7(6)14-8/h1-3H,4H2. The topological polar surface area (TPSA) is 43.1 Å². The second kappa shape index (κ2) is 3.59. The van der Waals surface area contributed by atoms with Crippen molar-refractivity contribution in [3.8, 4) is 0 Å². The highest BCUT2D eigenvalue weighted by molar-refractivity contribution is 6.67. The summed E-state index contributed by atoms with van der Waals surface area (Å²) in [7, 11) is 0. The molecule has 0 spiro atoms. The molecule has 0 bridgehead atoms. The minimum absolute atomic E-state index is 0.207. The molecule has 0 N–H and O–H groups in total. The number of carbonyl (C=O) groups is 1. The Morgan fingerprint density at radius 2 is 2.29 bits per heavy atom.